The Morgan fingerprint density at radius 1 is 1.45 bits per heavy atom. The molecule has 7 heteroatoms. The van der Waals surface area contributed by atoms with Crippen molar-refractivity contribution in [3.05, 3.63) is 34.8 Å². The first kappa shape index (κ1) is 14.8. The second kappa shape index (κ2) is 6.71. The highest BCUT2D eigenvalue weighted by Gasteiger charge is 2.17. The van der Waals surface area contributed by atoms with E-state index in [4.69, 9.17) is 4.42 Å². The number of furan rings is 1. The average Bonchev–Trinajstić information content (AvgIpc) is 2.94. The molecule has 20 heavy (non-hydrogen) atoms. The second-order valence-electron chi connectivity index (χ2n) is 4.52. The molecular weight excluding hydrogens is 322 g/mol. The number of anilines is 2. The lowest BCUT2D eigenvalue weighted by molar-refractivity contribution is 0.269. The molecule has 0 bridgehead atoms. The molecule has 0 spiro atoms. The Morgan fingerprint density at radius 3 is 2.85 bits per heavy atom. The predicted octanol–water partition coefficient (Wildman–Crippen LogP) is 2.59. The van der Waals surface area contributed by atoms with Crippen LogP contribution in [0.1, 0.15) is 11.8 Å². The number of rotatable bonds is 6. The number of hydrogen-bond donors (Lipinski definition) is 2. The van der Waals surface area contributed by atoms with Gasteiger partial charge in [-0.2, -0.15) is 4.98 Å². The van der Waals surface area contributed by atoms with E-state index in [1.54, 1.807) is 12.5 Å². The van der Waals surface area contributed by atoms with Crippen LogP contribution >= 0.6 is 15.9 Å². The van der Waals surface area contributed by atoms with Gasteiger partial charge in [0.2, 0.25) is 5.95 Å². The standard InChI is InChI=1S/C13H18BrN5O/c1-15-12-9(14)7-16-13(18-12)17-8-10(19(2)3)11-5-4-6-20-11/h4-7,10H,8H2,1-3H3,(H2,15,16,17,18)/t10-/m0/s1. The molecule has 1 atom stereocenters. The van der Waals surface area contributed by atoms with Gasteiger partial charge in [0, 0.05) is 19.8 Å². The summed E-state index contributed by atoms with van der Waals surface area (Å²) < 4.78 is 6.30. The molecule has 2 heterocycles. The summed E-state index contributed by atoms with van der Waals surface area (Å²) in [6.45, 7) is 0.658. The van der Waals surface area contributed by atoms with Gasteiger partial charge in [-0.3, -0.25) is 4.90 Å². The molecule has 0 aliphatic rings. The maximum atomic E-state index is 5.47. The average molecular weight is 340 g/mol. The Labute approximate surface area is 126 Å². The maximum absolute atomic E-state index is 5.47. The summed E-state index contributed by atoms with van der Waals surface area (Å²) in [7, 11) is 5.84. The zero-order valence-electron chi connectivity index (χ0n) is 11.7. The summed E-state index contributed by atoms with van der Waals surface area (Å²) >= 11 is 3.39. The van der Waals surface area contributed by atoms with Gasteiger partial charge < -0.3 is 15.1 Å². The van der Waals surface area contributed by atoms with Crippen LogP contribution in [0.2, 0.25) is 0 Å². The van der Waals surface area contributed by atoms with Crippen molar-refractivity contribution in [1.82, 2.24) is 14.9 Å². The van der Waals surface area contributed by atoms with Crippen LogP contribution in [0.25, 0.3) is 0 Å². The lowest BCUT2D eigenvalue weighted by atomic mass is 10.2. The van der Waals surface area contributed by atoms with Crippen LogP contribution in [0.15, 0.2) is 33.5 Å². The summed E-state index contributed by atoms with van der Waals surface area (Å²) in [4.78, 5) is 10.7. The van der Waals surface area contributed by atoms with Crippen LogP contribution < -0.4 is 10.6 Å². The Hall–Kier alpha value is -1.60. The van der Waals surface area contributed by atoms with E-state index in [-0.39, 0.29) is 6.04 Å². The molecule has 6 nitrogen and oxygen atoms in total. The summed E-state index contributed by atoms with van der Waals surface area (Å²) in [6, 6.07) is 3.98. The Bertz CT molecular complexity index is 544. The van der Waals surface area contributed by atoms with E-state index in [1.165, 1.54) is 0 Å². The van der Waals surface area contributed by atoms with Crippen molar-refractivity contribution in [3.8, 4) is 0 Å². The van der Waals surface area contributed by atoms with Gasteiger partial charge >= 0.3 is 0 Å². The molecule has 0 fully saturated rings. The van der Waals surface area contributed by atoms with Crippen molar-refractivity contribution in [1.29, 1.82) is 0 Å². The van der Waals surface area contributed by atoms with Crippen LogP contribution in [0.5, 0.6) is 0 Å². The van der Waals surface area contributed by atoms with Gasteiger partial charge in [-0.1, -0.05) is 0 Å². The lowest BCUT2D eigenvalue weighted by Gasteiger charge is -2.22. The molecule has 0 saturated carbocycles. The topological polar surface area (TPSA) is 66.2 Å². The van der Waals surface area contributed by atoms with E-state index in [2.05, 4.69) is 41.4 Å². The first-order valence-corrected chi connectivity index (χ1v) is 7.05. The molecule has 0 radical (unpaired) electrons. The minimum absolute atomic E-state index is 0.121. The zero-order chi connectivity index (χ0) is 14.5. The minimum atomic E-state index is 0.121. The smallest absolute Gasteiger partial charge is 0.224 e. The molecule has 0 aliphatic carbocycles. The highest BCUT2D eigenvalue weighted by Crippen LogP contribution is 2.21. The van der Waals surface area contributed by atoms with E-state index in [9.17, 15) is 0 Å². The minimum Gasteiger partial charge on any atom is -0.468 e. The quantitative estimate of drug-likeness (QED) is 0.843. The van der Waals surface area contributed by atoms with Crippen molar-refractivity contribution < 1.29 is 4.42 Å². The fourth-order valence-electron chi connectivity index (χ4n) is 1.83. The third-order valence-electron chi connectivity index (χ3n) is 2.93. The lowest BCUT2D eigenvalue weighted by Crippen LogP contribution is -2.27. The van der Waals surface area contributed by atoms with Gasteiger partial charge in [-0.25, -0.2) is 4.98 Å². The predicted molar refractivity (Wildman–Crippen MR) is 82.9 cm³/mol. The SMILES string of the molecule is CNc1nc(NC[C@@H](c2ccco2)N(C)C)ncc1Br. The second-order valence-corrected chi connectivity index (χ2v) is 5.37. The van der Waals surface area contributed by atoms with Gasteiger partial charge in [0.15, 0.2) is 0 Å². The molecule has 0 unspecified atom stereocenters. The van der Waals surface area contributed by atoms with Crippen LogP contribution in [0, 0.1) is 0 Å². The van der Waals surface area contributed by atoms with Gasteiger partial charge in [0.25, 0.3) is 0 Å². The first-order chi connectivity index (χ1) is 9.61. The van der Waals surface area contributed by atoms with E-state index < -0.39 is 0 Å². The number of nitrogens with one attached hydrogen (secondary N) is 2. The van der Waals surface area contributed by atoms with Crippen molar-refractivity contribution in [2.75, 3.05) is 38.3 Å². The van der Waals surface area contributed by atoms with E-state index in [0.29, 0.717) is 12.5 Å². The zero-order valence-corrected chi connectivity index (χ0v) is 13.3. The highest BCUT2D eigenvalue weighted by molar-refractivity contribution is 9.10. The third-order valence-corrected chi connectivity index (χ3v) is 3.51. The molecule has 0 aromatic carbocycles. The van der Waals surface area contributed by atoms with Crippen molar-refractivity contribution >= 4 is 27.7 Å². The van der Waals surface area contributed by atoms with E-state index in [0.717, 1.165) is 16.1 Å². The Balaban J connectivity index is 2.06. The molecule has 2 aromatic heterocycles. The van der Waals surface area contributed by atoms with Crippen molar-refractivity contribution in [2.24, 2.45) is 0 Å². The fourth-order valence-corrected chi connectivity index (χ4v) is 2.22. The maximum Gasteiger partial charge on any atom is 0.224 e. The number of halogens is 1. The molecule has 2 N–H and O–H groups in total. The summed E-state index contributed by atoms with van der Waals surface area (Å²) in [5.74, 6) is 2.24. The van der Waals surface area contributed by atoms with Gasteiger partial charge in [-0.05, 0) is 42.2 Å². The first-order valence-electron chi connectivity index (χ1n) is 6.25. The van der Waals surface area contributed by atoms with E-state index in [1.807, 2.05) is 33.3 Å². The number of nitrogens with zero attached hydrogens (tertiary/aromatic N) is 3. The molecule has 0 aliphatic heterocycles. The number of aromatic nitrogens is 2. The molecular formula is C13H18BrN5O. The van der Waals surface area contributed by atoms with Crippen molar-refractivity contribution in [2.45, 2.75) is 6.04 Å². The molecule has 2 rings (SSSR count). The fraction of sp³-hybridized carbons (Fsp3) is 0.385. The van der Waals surface area contributed by atoms with Crippen LogP contribution in [0.4, 0.5) is 11.8 Å². The van der Waals surface area contributed by atoms with E-state index >= 15 is 0 Å². The van der Waals surface area contributed by atoms with Gasteiger partial charge in [-0.15, -0.1) is 0 Å². The highest BCUT2D eigenvalue weighted by atomic mass is 79.9. The molecule has 108 valence electrons. The third kappa shape index (κ3) is 3.49. The molecule has 0 amide bonds. The molecule has 2 aromatic rings. The largest absolute Gasteiger partial charge is 0.468 e. The molecule has 0 saturated heterocycles. The Morgan fingerprint density at radius 2 is 2.25 bits per heavy atom. The summed E-state index contributed by atoms with van der Waals surface area (Å²) in [6.07, 6.45) is 3.40. The summed E-state index contributed by atoms with van der Waals surface area (Å²) in [5.41, 5.74) is 0. The van der Waals surface area contributed by atoms with Gasteiger partial charge in [0.05, 0.1) is 16.8 Å². The van der Waals surface area contributed by atoms with Gasteiger partial charge in [0.1, 0.15) is 11.6 Å². The summed E-state index contributed by atoms with van der Waals surface area (Å²) in [5, 5.41) is 6.24. The normalized spacial score (nSPS) is 12.4. The number of likely N-dealkylation sites (N-methyl/N-ethyl adjacent to an activating group) is 1. The van der Waals surface area contributed by atoms with Crippen LogP contribution in [-0.2, 0) is 0 Å². The van der Waals surface area contributed by atoms with Crippen LogP contribution in [0.3, 0.4) is 0 Å². The number of hydrogen-bond acceptors (Lipinski definition) is 6. The van der Waals surface area contributed by atoms with Crippen LogP contribution in [-0.4, -0.2) is 42.6 Å². The monoisotopic (exact) mass is 339 g/mol. The Kier molecular flexibility index (Phi) is 4.97. The van der Waals surface area contributed by atoms with Crippen molar-refractivity contribution in [3.63, 3.8) is 0 Å².